The predicted molar refractivity (Wildman–Crippen MR) is 79.8 cm³/mol. The highest BCUT2D eigenvalue weighted by Crippen LogP contribution is 2.38. The zero-order chi connectivity index (χ0) is 13.9. The molecule has 1 aromatic heterocycles. The molecule has 0 fully saturated rings. The fourth-order valence-electron chi connectivity index (χ4n) is 2.96. The molecule has 3 heteroatoms. The summed E-state index contributed by atoms with van der Waals surface area (Å²) in [6.45, 7) is 2.84. The van der Waals surface area contributed by atoms with E-state index in [4.69, 9.17) is 10.5 Å². The number of hydrogen-bond acceptors (Lipinski definition) is 3. The Morgan fingerprint density at radius 2 is 2.15 bits per heavy atom. The normalized spacial score (nSPS) is 19.0. The van der Waals surface area contributed by atoms with Crippen LogP contribution in [0.1, 0.15) is 41.6 Å². The highest BCUT2D eigenvalue weighted by Gasteiger charge is 2.24. The van der Waals surface area contributed by atoms with Crippen molar-refractivity contribution in [2.24, 2.45) is 5.73 Å². The number of benzene rings is 1. The maximum atomic E-state index is 6.38. The van der Waals surface area contributed by atoms with Crippen LogP contribution in [0.15, 0.2) is 42.6 Å². The van der Waals surface area contributed by atoms with E-state index in [-0.39, 0.29) is 6.04 Å². The van der Waals surface area contributed by atoms with Gasteiger partial charge in [0.05, 0.1) is 12.3 Å². The van der Waals surface area contributed by atoms with Crippen molar-refractivity contribution in [1.29, 1.82) is 0 Å². The lowest BCUT2D eigenvalue weighted by molar-refractivity contribution is 0.259. The Balaban J connectivity index is 1.81. The quantitative estimate of drug-likeness (QED) is 0.928. The number of rotatable bonds is 3. The lowest BCUT2D eigenvalue weighted by atomic mass is 9.86. The van der Waals surface area contributed by atoms with E-state index in [1.54, 1.807) is 0 Å². The van der Waals surface area contributed by atoms with Gasteiger partial charge in [0.15, 0.2) is 0 Å². The van der Waals surface area contributed by atoms with Gasteiger partial charge in [0, 0.05) is 12.2 Å². The van der Waals surface area contributed by atoms with Crippen LogP contribution in [-0.2, 0) is 0 Å². The average molecular weight is 268 g/mol. The summed E-state index contributed by atoms with van der Waals surface area (Å²) in [6.07, 6.45) is 3.76. The number of hydrogen-bond donors (Lipinski definition) is 1. The fourth-order valence-corrected chi connectivity index (χ4v) is 2.96. The van der Waals surface area contributed by atoms with Crippen LogP contribution in [0.2, 0.25) is 0 Å². The standard InChI is InChI=1S/C17H20N2O/c1-12-5-4-9-19-17(12)15(18)11-13-8-10-20-16-7-3-2-6-14(13)16/h2-7,9,13,15H,8,10-11,18H2,1H3. The minimum atomic E-state index is -0.0210. The van der Waals surface area contributed by atoms with Crippen LogP contribution in [0.3, 0.4) is 0 Å². The average Bonchev–Trinajstić information content (AvgIpc) is 2.48. The first kappa shape index (κ1) is 13.1. The van der Waals surface area contributed by atoms with Crippen LogP contribution in [-0.4, -0.2) is 11.6 Å². The number of nitrogens with two attached hydrogens (primary N) is 1. The van der Waals surface area contributed by atoms with E-state index in [2.05, 4.69) is 30.1 Å². The monoisotopic (exact) mass is 268 g/mol. The minimum Gasteiger partial charge on any atom is -0.493 e. The highest BCUT2D eigenvalue weighted by atomic mass is 16.5. The summed E-state index contributed by atoms with van der Waals surface area (Å²) >= 11 is 0. The van der Waals surface area contributed by atoms with Crippen molar-refractivity contribution in [1.82, 2.24) is 4.98 Å². The van der Waals surface area contributed by atoms with E-state index in [1.807, 2.05) is 24.4 Å². The van der Waals surface area contributed by atoms with Crippen LogP contribution in [0, 0.1) is 6.92 Å². The van der Waals surface area contributed by atoms with Crippen molar-refractivity contribution in [2.45, 2.75) is 31.7 Å². The van der Waals surface area contributed by atoms with Gasteiger partial charge < -0.3 is 10.5 Å². The topological polar surface area (TPSA) is 48.1 Å². The van der Waals surface area contributed by atoms with E-state index >= 15 is 0 Å². The first-order valence-electron chi connectivity index (χ1n) is 7.14. The van der Waals surface area contributed by atoms with E-state index in [0.717, 1.165) is 30.9 Å². The summed E-state index contributed by atoms with van der Waals surface area (Å²) in [7, 11) is 0. The Morgan fingerprint density at radius 1 is 1.30 bits per heavy atom. The van der Waals surface area contributed by atoms with Crippen LogP contribution in [0.4, 0.5) is 0 Å². The molecule has 104 valence electrons. The molecule has 0 radical (unpaired) electrons. The molecule has 2 N–H and O–H groups in total. The number of ether oxygens (including phenoxy) is 1. The molecule has 2 atom stereocenters. The number of para-hydroxylation sites is 1. The van der Waals surface area contributed by atoms with E-state index in [0.29, 0.717) is 5.92 Å². The second-order valence-electron chi connectivity index (χ2n) is 5.42. The number of aryl methyl sites for hydroxylation is 1. The lowest BCUT2D eigenvalue weighted by Gasteiger charge is -2.28. The van der Waals surface area contributed by atoms with Gasteiger partial charge in [-0.15, -0.1) is 0 Å². The molecule has 0 spiro atoms. The van der Waals surface area contributed by atoms with Gasteiger partial charge in [0.1, 0.15) is 5.75 Å². The zero-order valence-corrected chi connectivity index (χ0v) is 11.8. The molecule has 2 heterocycles. The molecule has 2 unspecified atom stereocenters. The number of fused-ring (bicyclic) bond motifs is 1. The minimum absolute atomic E-state index is 0.0210. The summed E-state index contributed by atoms with van der Waals surface area (Å²) in [5.74, 6) is 1.46. The lowest BCUT2D eigenvalue weighted by Crippen LogP contribution is -2.21. The second-order valence-corrected chi connectivity index (χ2v) is 5.42. The molecule has 1 aliphatic heterocycles. The Labute approximate surface area is 119 Å². The molecule has 3 rings (SSSR count). The van der Waals surface area contributed by atoms with Gasteiger partial charge in [-0.3, -0.25) is 4.98 Å². The fraction of sp³-hybridized carbons (Fsp3) is 0.353. The number of nitrogens with zero attached hydrogens (tertiary/aromatic N) is 1. The Bertz CT molecular complexity index is 597. The molecule has 3 nitrogen and oxygen atoms in total. The molecule has 2 aromatic rings. The SMILES string of the molecule is Cc1cccnc1C(N)CC1CCOc2ccccc21. The van der Waals surface area contributed by atoms with Gasteiger partial charge in [-0.2, -0.15) is 0 Å². The molecule has 0 saturated heterocycles. The van der Waals surface area contributed by atoms with Crippen molar-refractivity contribution in [3.05, 3.63) is 59.4 Å². The number of aromatic nitrogens is 1. The van der Waals surface area contributed by atoms with Crippen LogP contribution >= 0.6 is 0 Å². The molecule has 1 aromatic carbocycles. The van der Waals surface area contributed by atoms with E-state index in [1.165, 1.54) is 11.1 Å². The third-order valence-corrected chi connectivity index (χ3v) is 4.02. The first-order chi connectivity index (χ1) is 9.75. The second kappa shape index (κ2) is 5.63. The molecular formula is C17H20N2O. The number of pyridine rings is 1. The zero-order valence-electron chi connectivity index (χ0n) is 11.8. The predicted octanol–water partition coefficient (Wildman–Crippen LogP) is 3.35. The van der Waals surface area contributed by atoms with Crippen molar-refractivity contribution in [3.8, 4) is 5.75 Å². The summed E-state index contributed by atoms with van der Waals surface area (Å²) in [6, 6.07) is 12.3. The van der Waals surface area contributed by atoms with Crippen LogP contribution in [0.5, 0.6) is 5.75 Å². The van der Waals surface area contributed by atoms with Crippen LogP contribution in [0.25, 0.3) is 0 Å². The Hall–Kier alpha value is -1.87. The van der Waals surface area contributed by atoms with Gasteiger partial charge in [0.2, 0.25) is 0 Å². The summed E-state index contributed by atoms with van der Waals surface area (Å²) in [4.78, 5) is 4.44. The van der Waals surface area contributed by atoms with Gasteiger partial charge >= 0.3 is 0 Å². The molecule has 0 aliphatic carbocycles. The van der Waals surface area contributed by atoms with Crippen molar-refractivity contribution >= 4 is 0 Å². The summed E-state index contributed by atoms with van der Waals surface area (Å²) in [5, 5.41) is 0. The third kappa shape index (κ3) is 2.54. The summed E-state index contributed by atoms with van der Waals surface area (Å²) < 4.78 is 5.71. The smallest absolute Gasteiger partial charge is 0.122 e. The summed E-state index contributed by atoms with van der Waals surface area (Å²) in [5.41, 5.74) is 9.84. The third-order valence-electron chi connectivity index (χ3n) is 4.02. The molecule has 0 bridgehead atoms. The van der Waals surface area contributed by atoms with Gasteiger partial charge in [0.25, 0.3) is 0 Å². The largest absolute Gasteiger partial charge is 0.493 e. The van der Waals surface area contributed by atoms with Crippen molar-refractivity contribution < 1.29 is 4.74 Å². The Kier molecular flexibility index (Phi) is 3.70. The maximum Gasteiger partial charge on any atom is 0.122 e. The van der Waals surface area contributed by atoms with E-state index < -0.39 is 0 Å². The molecule has 20 heavy (non-hydrogen) atoms. The van der Waals surface area contributed by atoms with E-state index in [9.17, 15) is 0 Å². The molecule has 0 amide bonds. The molecule has 1 aliphatic rings. The first-order valence-corrected chi connectivity index (χ1v) is 7.14. The highest BCUT2D eigenvalue weighted by molar-refractivity contribution is 5.38. The molecule has 0 saturated carbocycles. The van der Waals surface area contributed by atoms with Crippen molar-refractivity contribution in [3.63, 3.8) is 0 Å². The van der Waals surface area contributed by atoms with Gasteiger partial charge in [-0.1, -0.05) is 24.3 Å². The Morgan fingerprint density at radius 3 is 3.00 bits per heavy atom. The van der Waals surface area contributed by atoms with Crippen molar-refractivity contribution in [2.75, 3.05) is 6.61 Å². The van der Waals surface area contributed by atoms with Gasteiger partial charge in [-0.05, 0) is 48.9 Å². The molecular weight excluding hydrogens is 248 g/mol. The maximum absolute atomic E-state index is 6.38. The van der Waals surface area contributed by atoms with Gasteiger partial charge in [-0.25, -0.2) is 0 Å². The van der Waals surface area contributed by atoms with Crippen LogP contribution < -0.4 is 10.5 Å².